The first-order valence-corrected chi connectivity index (χ1v) is 9.74. The van der Waals surface area contributed by atoms with E-state index in [0.717, 1.165) is 25.7 Å². The van der Waals surface area contributed by atoms with Gasteiger partial charge in [0.15, 0.2) is 6.29 Å². The molecule has 0 aromatic carbocycles. The molecule has 0 radical (unpaired) electrons. The number of amides is 1. The maximum Gasteiger partial charge on any atom is 0.302 e. The number of hydrogen-bond donors (Lipinski definition) is 2. The standard InChI is InChI=1S/C19H36N2O5/c1-13-14(2)17(12-25-16(4)22)26-19(15(13)3)24-10-8-6-5-7-9-21-18(23)11-20/h13-15,17,19H,5-12,20H2,1-4H3,(H,21,23)/t13-,14+,15?,17?,19+/m0/s1. The molecule has 7 heteroatoms. The smallest absolute Gasteiger partial charge is 0.302 e. The van der Waals surface area contributed by atoms with Crippen LogP contribution in [0.25, 0.3) is 0 Å². The molecule has 3 N–H and O–H groups in total. The third-order valence-electron chi connectivity index (χ3n) is 5.29. The molecule has 1 aliphatic heterocycles. The van der Waals surface area contributed by atoms with Gasteiger partial charge in [-0.15, -0.1) is 0 Å². The zero-order chi connectivity index (χ0) is 19.5. The van der Waals surface area contributed by atoms with Gasteiger partial charge in [-0.2, -0.15) is 0 Å². The fourth-order valence-corrected chi connectivity index (χ4v) is 3.15. The Balaban J connectivity index is 2.23. The number of nitrogens with two attached hydrogens (primary N) is 1. The lowest BCUT2D eigenvalue weighted by molar-refractivity contribution is -0.255. The van der Waals surface area contributed by atoms with E-state index >= 15 is 0 Å². The number of nitrogens with one attached hydrogen (secondary N) is 1. The second-order valence-corrected chi connectivity index (χ2v) is 7.26. The number of hydrogen-bond acceptors (Lipinski definition) is 6. The zero-order valence-electron chi connectivity index (χ0n) is 16.7. The van der Waals surface area contributed by atoms with E-state index in [9.17, 15) is 9.59 Å². The van der Waals surface area contributed by atoms with Gasteiger partial charge in [-0.05, 0) is 24.7 Å². The summed E-state index contributed by atoms with van der Waals surface area (Å²) in [4.78, 5) is 22.1. The van der Waals surface area contributed by atoms with Gasteiger partial charge in [-0.25, -0.2) is 0 Å². The minimum Gasteiger partial charge on any atom is -0.463 e. The van der Waals surface area contributed by atoms with E-state index in [-0.39, 0.29) is 37.4 Å². The van der Waals surface area contributed by atoms with Crippen LogP contribution in [0.3, 0.4) is 0 Å². The molecule has 7 nitrogen and oxygen atoms in total. The lowest BCUT2D eigenvalue weighted by Crippen LogP contribution is -2.47. The van der Waals surface area contributed by atoms with Gasteiger partial charge in [-0.1, -0.05) is 33.6 Å². The van der Waals surface area contributed by atoms with Gasteiger partial charge in [0.05, 0.1) is 12.6 Å². The highest BCUT2D eigenvalue weighted by molar-refractivity contribution is 5.77. The number of esters is 1. The van der Waals surface area contributed by atoms with E-state index in [1.165, 1.54) is 6.92 Å². The molecule has 1 amide bonds. The molecule has 0 aliphatic carbocycles. The number of unbranched alkanes of at least 4 members (excludes halogenated alkanes) is 3. The van der Waals surface area contributed by atoms with Crippen LogP contribution in [0.4, 0.5) is 0 Å². The second kappa shape index (κ2) is 12.3. The van der Waals surface area contributed by atoms with Crippen LogP contribution in [0.2, 0.25) is 0 Å². The van der Waals surface area contributed by atoms with Crippen molar-refractivity contribution >= 4 is 11.9 Å². The molecule has 0 aromatic rings. The van der Waals surface area contributed by atoms with Gasteiger partial charge in [0.2, 0.25) is 5.91 Å². The Morgan fingerprint density at radius 1 is 1.04 bits per heavy atom. The number of ether oxygens (including phenoxy) is 3. The highest BCUT2D eigenvalue weighted by atomic mass is 16.7. The van der Waals surface area contributed by atoms with Crippen LogP contribution in [-0.4, -0.2) is 50.6 Å². The van der Waals surface area contributed by atoms with Crippen LogP contribution in [0.1, 0.15) is 53.4 Å². The van der Waals surface area contributed by atoms with Crippen molar-refractivity contribution in [2.75, 3.05) is 26.3 Å². The monoisotopic (exact) mass is 372 g/mol. The number of carbonyl (C=O) groups is 2. The number of carbonyl (C=O) groups excluding carboxylic acids is 2. The summed E-state index contributed by atoms with van der Waals surface area (Å²) < 4.78 is 17.2. The lowest BCUT2D eigenvalue weighted by Gasteiger charge is -2.43. The third-order valence-corrected chi connectivity index (χ3v) is 5.29. The zero-order valence-corrected chi connectivity index (χ0v) is 16.7. The molecule has 1 heterocycles. The Bertz CT molecular complexity index is 432. The van der Waals surface area contributed by atoms with Crippen LogP contribution in [0.5, 0.6) is 0 Å². The van der Waals surface area contributed by atoms with Gasteiger partial charge < -0.3 is 25.3 Å². The van der Waals surface area contributed by atoms with Gasteiger partial charge in [0.1, 0.15) is 6.61 Å². The first-order chi connectivity index (χ1) is 12.4. The Morgan fingerprint density at radius 2 is 1.73 bits per heavy atom. The van der Waals surface area contributed by atoms with Crippen molar-refractivity contribution in [3.63, 3.8) is 0 Å². The van der Waals surface area contributed by atoms with E-state index in [1.807, 2.05) is 0 Å². The van der Waals surface area contributed by atoms with E-state index in [1.54, 1.807) is 0 Å². The van der Waals surface area contributed by atoms with Gasteiger partial charge in [0.25, 0.3) is 0 Å². The molecule has 1 saturated heterocycles. The highest BCUT2D eigenvalue weighted by Gasteiger charge is 2.39. The predicted octanol–water partition coefficient (Wildman–Crippen LogP) is 1.83. The van der Waals surface area contributed by atoms with Crippen molar-refractivity contribution in [3.05, 3.63) is 0 Å². The summed E-state index contributed by atoms with van der Waals surface area (Å²) in [6.45, 7) is 9.53. The highest BCUT2D eigenvalue weighted by Crippen LogP contribution is 2.35. The van der Waals surface area contributed by atoms with Crippen molar-refractivity contribution in [3.8, 4) is 0 Å². The van der Waals surface area contributed by atoms with Crippen LogP contribution in [0, 0.1) is 17.8 Å². The molecule has 0 aromatic heterocycles. The van der Waals surface area contributed by atoms with Crippen molar-refractivity contribution in [1.29, 1.82) is 0 Å². The maximum absolute atomic E-state index is 11.1. The van der Waals surface area contributed by atoms with Crippen LogP contribution in [0.15, 0.2) is 0 Å². The molecule has 0 spiro atoms. The first-order valence-electron chi connectivity index (χ1n) is 9.74. The van der Waals surface area contributed by atoms with E-state index in [2.05, 4.69) is 26.1 Å². The molecule has 1 aliphatic rings. The van der Waals surface area contributed by atoms with E-state index in [0.29, 0.717) is 30.9 Å². The van der Waals surface area contributed by atoms with E-state index in [4.69, 9.17) is 19.9 Å². The van der Waals surface area contributed by atoms with E-state index < -0.39 is 0 Å². The summed E-state index contributed by atoms with van der Waals surface area (Å²) in [5, 5.41) is 2.76. The minimum absolute atomic E-state index is 0.0445. The minimum atomic E-state index is -0.285. The van der Waals surface area contributed by atoms with Gasteiger partial charge >= 0.3 is 5.97 Å². The summed E-state index contributed by atoms with van der Waals surface area (Å²) >= 11 is 0. The van der Waals surface area contributed by atoms with Crippen LogP contribution < -0.4 is 11.1 Å². The Hall–Kier alpha value is -1.18. The molecule has 0 saturated carbocycles. The van der Waals surface area contributed by atoms with Crippen LogP contribution in [-0.2, 0) is 23.8 Å². The summed E-state index contributed by atoms with van der Waals surface area (Å²) in [5.74, 6) is 0.647. The van der Waals surface area contributed by atoms with Crippen molar-refractivity contribution in [2.24, 2.45) is 23.5 Å². The third kappa shape index (κ3) is 8.01. The van der Waals surface area contributed by atoms with Crippen molar-refractivity contribution in [1.82, 2.24) is 5.32 Å². The summed E-state index contributed by atoms with van der Waals surface area (Å²) in [6.07, 6.45) is 3.60. The average molecular weight is 373 g/mol. The van der Waals surface area contributed by atoms with Gasteiger partial charge in [0, 0.05) is 26.0 Å². The molecule has 2 unspecified atom stereocenters. The summed E-state index contributed by atoms with van der Waals surface area (Å²) in [5.41, 5.74) is 5.23. The van der Waals surface area contributed by atoms with Crippen molar-refractivity contribution in [2.45, 2.75) is 65.8 Å². The SMILES string of the molecule is CC(=O)OCC1O[C@@H](OCCCCCCNC(=O)CN)C(C)[C@@H](C)[C@H]1C. The Labute approximate surface area is 157 Å². The Kier molecular flexibility index (Phi) is 10.8. The Morgan fingerprint density at radius 3 is 2.38 bits per heavy atom. The molecule has 5 atom stereocenters. The number of rotatable bonds is 11. The average Bonchev–Trinajstić information content (AvgIpc) is 2.62. The lowest BCUT2D eigenvalue weighted by atomic mass is 9.79. The fourth-order valence-electron chi connectivity index (χ4n) is 3.15. The molecular formula is C19H36N2O5. The van der Waals surface area contributed by atoms with Crippen LogP contribution >= 0.6 is 0 Å². The second-order valence-electron chi connectivity index (χ2n) is 7.26. The van der Waals surface area contributed by atoms with Crippen molar-refractivity contribution < 1.29 is 23.8 Å². The van der Waals surface area contributed by atoms with Gasteiger partial charge in [-0.3, -0.25) is 9.59 Å². The maximum atomic E-state index is 11.1. The molecule has 26 heavy (non-hydrogen) atoms. The summed E-state index contributed by atoms with van der Waals surface area (Å²) in [7, 11) is 0. The molecule has 152 valence electrons. The largest absolute Gasteiger partial charge is 0.463 e. The molecule has 1 fully saturated rings. The first kappa shape index (κ1) is 22.9. The fraction of sp³-hybridized carbons (Fsp3) is 0.895. The molecule has 0 bridgehead atoms. The topological polar surface area (TPSA) is 99.9 Å². The molecular weight excluding hydrogens is 336 g/mol. The molecule has 1 rings (SSSR count). The normalized spacial score (nSPS) is 28.6. The predicted molar refractivity (Wildman–Crippen MR) is 99.3 cm³/mol. The summed E-state index contributed by atoms with van der Waals surface area (Å²) in [6, 6.07) is 0. The quantitative estimate of drug-likeness (QED) is 0.424.